The van der Waals surface area contributed by atoms with Gasteiger partial charge in [-0.15, -0.1) is 0 Å². The minimum atomic E-state index is -4.52. The van der Waals surface area contributed by atoms with Crippen LogP contribution in [-0.2, 0) is 11.0 Å². The van der Waals surface area contributed by atoms with Crippen molar-refractivity contribution in [1.29, 1.82) is 0 Å². The molecule has 3 amide bonds. The number of hydrogen-bond acceptors (Lipinski definition) is 4. The van der Waals surface area contributed by atoms with Gasteiger partial charge in [-0.05, 0) is 30.7 Å². The van der Waals surface area contributed by atoms with Crippen LogP contribution in [-0.4, -0.2) is 16.9 Å². The summed E-state index contributed by atoms with van der Waals surface area (Å²) in [6.07, 6.45) is -4.52. The number of nitrogens with zero attached hydrogens (tertiary/aromatic N) is 1. The zero-order chi connectivity index (χ0) is 22.1. The SMILES string of the molecule is CC1=C(C(=O)Nc2cccc([N+](=O)[O-])c2)C(c2ccc(C(F)(F)F)cc2)NC(=O)N1. The fourth-order valence-corrected chi connectivity index (χ4v) is 3.01. The standard InChI is InChI=1S/C19H15F3N4O4/c1-10-15(17(27)24-13-3-2-4-14(9-13)26(29)30)16(25-18(28)23-10)11-5-7-12(8-6-11)19(20,21)22/h2-9,16H,1H3,(H,24,27)(H2,23,25,28). The number of nitro groups is 1. The highest BCUT2D eigenvalue weighted by molar-refractivity contribution is 6.06. The Hall–Kier alpha value is -3.89. The summed E-state index contributed by atoms with van der Waals surface area (Å²) in [6.45, 7) is 1.47. The predicted octanol–water partition coefficient (Wildman–Crippen LogP) is 3.88. The van der Waals surface area contributed by atoms with Gasteiger partial charge in [0.15, 0.2) is 0 Å². The van der Waals surface area contributed by atoms with Crippen LogP contribution in [0.4, 0.5) is 29.3 Å². The van der Waals surface area contributed by atoms with Gasteiger partial charge in [-0.3, -0.25) is 14.9 Å². The van der Waals surface area contributed by atoms with Crippen molar-refractivity contribution in [1.82, 2.24) is 10.6 Å². The van der Waals surface area contributed by atoms with E-state index in [0.29, 0.717) is 0 Å². The van der Waals surface area contributed by atoms with Gasteiger partial charge in [0.25, 0.3) is 11.6 Å². The smallest absolute Gasteiger partial charge is 0.327 e. The topological polar surface area (TPSA) is 113 Å². The number of nitrogens with one attached hydrogen (secondary N) is 3. The molecule has 1 aliphatic rings. The number of allylic oxidation sites excluding steroid dienone is 1. The molecule has 2 aromatic rings. The van der Waals surface area contributed by atoms with Crippen molar-refractivity contribution in [2.24, 2.45) is 0 Å². The number of carbonyl (C=O) groups excluding carboxylic acids is 2. The van der Waals surface area contributed by atoms with Gasteiger partial charge in [0.05, 0.1) is 22.1 Å². The second-order valence-electron chi connectivity index (χ2n) is 6.45. The summed E-state index contributed by atoms with van der Waals surface area (Å²) >= 11 is 0. The number of halogens is 3. The molecular weight excluding hydrogens is 405 g/mol. The molecule has 0 saturated heterocycles. The van der Waals surface area contributed by atoms with E-state index in [1.165, 1.54) is 37.3 Å². The van der Waals surface area contributed by atoms with E-state index in [0.717, 1.165) is 18.2 Å². The zero-order valence-electron chi connectivity index (χ0n) is 15.4. The van der Waals surface area contributed by atoms with Crippen LogP contribution in [0.2, 0.25) is 0 Å². The number of amides is 3. The molecule has 1 aliphatic heterocycles. The van der Waals surface area contributed by atoms with E-state index in [-0.39, 0.29) is 28.2 Å². The molecule has 1 atom stereocenters. The first-order valence-corrected chi connectivity index (χ1v) is 8.57. The van der Waals surface area contributed by atoms with Gasteiger partial charge in [0.1, 0.15) is 0 Å². The number of non-ortho nitro benzene ring substituents is 1. The quantitative estimate of drug-likeness (QED) is 0.515. The monoisotopic (exact) mass is 420 g/mol. The van der Waals surface area contributed by atoms with E-state index in [9.17, 15) is 32.9 Å². The maximum atomic E-state index is 12.9. The average molecular weight is 420 g/mol. The maximum Gasteiger partial charge on any atom is 0.416 e. The van der Waals surface area contributed by atoms with Crippen molar-refractivity contribution in [3.05, 3.63) is 81.0 Å². The molecule has 0 aromatic heterocycles. The van der Waals surface area contributed by atoms with Crippen molar-refractivity contribution in [3.8, 4) is 0 Å². The van der Waals surface area contributed by atoms with Crippen molar-refractivity contribution in [2.45, 2.75) is 19.1 Å². The Balaban J connectivity index is 1.93. The first kappa shape index (κ1) is 20.8. The van der Waals surface area contributed by atoms with Crippen molar-refractivity contribution < 1.29 is 27.7 Å². The number of urea groups is 1. The number of nitro benzene ring substituents is 1. The Bertz CT molecular complexity index is 1050. The minimum absolute atomic E-state index is 0.0564. The third kappa shape index (κ3) is 4.40. The number of anilines is 1. The summed E-state index contributed by atoms with van der Waals surface area (Å²) in [5, 5.41) is 18.4. The van der Waals surface area contributed by atoms with Gasteiger partial charge in [-0.1, -0.05) is 18.2 Å². The summed E-state index contributed by atoms with van der Waals surface area (Å²) in [5.74, 6) is -0.676. The Morgan fingerprint density at radius 3 is 2.43 bits per heavy atom. The summed E-state index contributed by atoms with van der Waals surface area (Å²) in [6, 6.07) is 7.68. The van der Waals surface area contributed by atoms with Crippen LogP contribution in [0.5, 0.6) is 0 Å². The van der Waals surface area contributed by atoms with E-state index in [4.69, 9.17) is 0 Å². The van der Waals surface area contributed by atoms with E-state index in [2.05, 4.69) is 16.0 Å². The molecule has 0 saturated carbocycles. The highest BCUT2D eigenvalue weighted by Crippen LogP contribution is 2.32. The molecule has 0 fully saturated rings. The second-order valence-corrected chi connectivity index (χ2v) is 6.45. The largest absolute Gasteiger partial charge is 0.416 e. The van der Waals surface area contributed by atoms with Crippen LogP contribution in [0.15, 0.2) is 59.8 Å². The molecule has 1 unspecified atom stereocenters. The maximum absolute atomic E-state index is 12.9. The van der Waals surface area contributed by atoms with Crippen LogP contribution in [0.1, 0.15) is 24.1 Å². The number of hydrogen-bond donors (Lipinski definition) is 3. The lowest BCUT2D eigenvalue weighted by Gasteiger charge is -2.28. The zero-order valence-corrected chi connectivity index (χ0v) is 15.4. The molecule has 8 nitrogen and oxygen atoms in total. The molecule has 30 heavy (non-hydrogen) atoms. The molecule has 0 radical (unpaired) electrons. The van der Waals surface area contributed by atoms with E-state index < -0.39 is 34.6 Å². The normalized spacial score (nSPS) is 16.5. The lowest BCUT2D eigenvalue weighted by atomic mass is 9.94. The Kier molecular flexibility index (Phi) is 5.45. The molecule has 0 aliphatic carbocycles. The third-order valence-corrected chi connectivity index (χ3v) is 4.40. The van der Waals surface area contributed by atoms with Crippen molar-refractivity contribution in [2.75, 3.05) is 5.32 Å². The van der Waals surface area contributed by atoms with Crippen LogP contribution in [0.25, 0.3) is 0 Å². The number of alkyl halides is 3. The van der Waals surface area contributed by atoms with Crippen LogP contribution >= 0.6 is 0 Å². The first-order valence-electron chi connectivity index (χ1n) is 8.57. The van der Waals surface area contributed by atoms with Crippen molar-refractivity contribution in [3.63, 3.8) is 0 Å². The van der Waals surface area contributed by atoms with Gasteiger partial charge in [0, 0.05) is 23.5 Å². The van der Waals surface area contributed by atoms with Crippen molar-refractivity contribution >= 4 is 23.3 Å². The minimum Gasteiger partial charge on any atom is -0.327 e. The van der Waals surface area contributed by atoms with Crippen LogP contribution in [0, 0.1) is 10.1 Å². The number of carbonyl (C=O) groups is 2. The van der Waals surface area contributed by atoms with Gasteiger partial charge in [-0.25, -0.2) is 4.79 Å². The molecule has 3 rings (SSSR count). The fourth-order valence-electron chi connectivity index (χ4n) is 3.01. The summed E-state index contributed by atoms with van der Waals surface area (Å²) in [7, 11) is 0. The Morgan fingerprint density at radius 2 is 1.83 bits per heavy atom. The van der Waals surface area contributed by atoms with Gasteiger partial charge in [-0.2, -0.15) is 13.2 Å². The first-order chi connectivity index (χ1) is 14.1. The molecule has 156 valence electrons. The molecule has 11 heteroatoms. The molecular formula is C19H15F3N4O4. The molecule has 2 aromatic carbocycles. The molecule has 3 N–H and O–H groups in total. The van der Waals surface area contributed by atoms with Gasteiger partial charge >= 0.3 is 12.2 Å². The highest BCUT2D eigenvalue weighted by Gasteiger charge is 2.33. The van der Waals surface area contributed by atoms with Crippen LogP contribution < -0.4 is 16.0 Å². The summed E-state index contributed by atoms with van der Waals surface area (Å²) in [5.41, 5.74) is -0.422. The van der Waals surface area contributed by atoms with Gasteiger partial charge in [0.2, 0.25) is 0 Å². The molecule has 0 bridgehead atoms. The van der Waals surface area contributed by atoms with Gasteiger partial charge < -0.3 is 16.0 Å². The fraction of sp³-hybridized carbons (Fsp3) is 0.158. The summed E-state index contributed by atoms with van der Waals surface area (Å²) in [4.78, 5) is 35.0. The average Bonchev–Trinajstić information content (AvgIpc) is 2.66. The Morgan fingerprint density at radius 1 is 1.17 bits per heavy atom. The van der Waals surface area contributed by atoms with Crippen LogP contribution in [0.3, 0.4) is 0 Å². The number of benzene rings is 2. The lowest BCUT2D eigenvalue weighted by Crippen LogP contribution is -2.46. The van der Waals surface area contributed by atoms with E-state index in [1.54, 1.807) is 0 Å². The number of rotatable bonds is 4. The van der Waals surface area contributed by atoms with E-state index in [1.807, 2.05) is 0 Å². The second kappa shape index (κ2) is 7.85. The highest BCUT2D eigenvalue weighted by atomic mass is 19.4. The lowest BCUT2D eigenvalue weighted by molar-refractivity contribution is -0.384. The van der Waals surface area contributed by atoms with E-state index >= 15 is 0 Å². The Labute approximate surface area is 167 Å². The predicted molar refractivity (Wildman–Crippen MR) is 100 cm³/mol. The third-order valence-electron chi connectivity index (χ3n) is 4.40. The molecule has 0 spiro atoms. The summed E-state index contributed by atoms with van der Waals surface area (Å²) < 4.78 is 38.5. The molecule has 1 heterocycles.